The maximum Gasteiger partial charge on any atom is 0.0706 e. The first-order valence-corrected chi connectivity index (χ1v) is 5.89. The van der Waals surface area contributed by atoms with Crippen LogP contribution >= 0.6 is 0 Å². The monoisotopic (exact) mass is 212 g/mol. The summed E-state index contributed by atoms with van der Waals surface area (Å²) < 4.78 is 0. The van der Waals surface area contributed by atoms with Gasteiger partial charge in [-0.2, -0.15) is 0 Å². The lowest BCUT2D eigenvalue weighted by Gasteiger charge is -2.11. The number of para-hydroxylation sites is 1. The summed E-state index contributed by atoms with van der Waals surface area (Å²) in [6, 6.07) is 12.4. The Hall–Kier alpha value is -1.41. The Balaban J connectivity index is 2.06. The van der Waals surface area contributed by atoms with Crippen molar-refractivity contribution in [1.29, 1.82) is 0 Å². The standard InChI is InChI=1S/C14H16N2/c1-2-11-9-14(11,15)13-8-7-10-5-3-4-6-12(10)16-13/h3-8,11H,2,9,15H2,1H3. The van der Waals surface area contributed by atoms with Crippen LogP contribution in [0.25, 0.3) is 10.9 Å². The van der Waals surface area contributed by atoms with E-state index >= 15 is 0 Å². The van der Waals surface area contributed by atoms with E-state index in [2.05, 4.69) is 30.1 Å². The van der Waals surface area contributed by atoms with Gasteiger partial charge in [-0.1, -0.05) is 37.6 Å². The Labute approximate surface area is 95.5 Å². The lowest BCUT2D eigenvalue weighted by Crippen LogP contribution is -2.23. The molecule has 0 amide bonds. The molecule has 0 bridgehead atoms. The molecule has 1 fully saturated rings. The molecule has 1 aromatic carbocycles. The van der Waals surface area contributed by atoms with E-state index in [0.29, 0.717) is 5.92 Å². The number of nitrogens with two attached hydrogens (primary N) is 1. The van der Waals surface area contributed by atoms with Crippen molar-refractivity contribution < 1.29 is 0 Å². The lowest BCUT2D eigenvalue weighted by atomic mass is 10.1. The molecule has 16 heavy (non-hydrogen) atoms. The quantitative estimate of drug-likeness (QED) is 0.831. The van der Waals surface area contributed by atoms with Crippen LogP contribution in [0.5, 0.6) is 0 Å². The second kappa shape index (κ2) is 3.29. The number of benzene rings is 1. The van der Waals surface area contributed by atoms with E-state index in [4.69, 9.17) is 5.73 Å². The predicted octanol–water partition coefficient (Wildman–Crippen LogP) is 2.82. The summed E-state index contributed by atoms with van der Waals surface area (Å²) in [5.41, 5.74) is 8.30. The molecule has 0 radical (unpaired) electrons. The Kier molecular flexibility index (Phi) is 2.01. The predicted molar refractivity (Wildman–Crippen MR) is 66.0 cm³/mol. The normalized spacial score (nSPS) is 28.2. The molecule has 2 unspecified atom stereocenters. The summed E-state index contributed by atoms with van der Waals surface area (Å²) in [5, 5.41) is 1.18. The summed E-state index contributed by atoms with van der Waals surface area (Å²) in [4.78, 5) is 4.68. The van der Waals surface area contributed by atoms with E-state index in [0.717, 1.165) is 24.1 Å². The molecule has 2 N–H and O–H groups in total. The van der Waals surface area contributed by atoms with Gasteiger partial charge in [-0.05, 0) is 24.5 Å². The van der Waals surface area contributed by atoms with Crippen molar-refractivity contribution in [3.8, 4) is 0 Å². The SMILES string of the molecule is CCC1CC1(N)c1ccc2ccccc2n1. The smallest absolute Gasteiger partial charge is 0.0706 e. The van der Waals surface area contributed by atoms with Gasteiger partial charge in [-0.25, -0.2) is 0 Å². The highest BCUT2D eigenvalue weighted by atomic mass is 14.9. The maximum atomic E-state index is 6.35. The van der Waals surface area contributed by atoms with Crippen molar-refractivity contribution in [3.63, 3.8) is 0 Å². The van der Waals surface area contributed by atoms with Crippen LogP contribution in [0.4, 0.5) is 0 Å². The van der Waals surface area contributed by atoms with Crippen molar-refractivity contribution >= 4 is 10.9 Å². The van der Waals surface area contributed by atoms with Gasteiger partial charge in [0.15, 0.2) is 0 Å². The van der Waals surface area contributed by atoms with Gasteiger partial charge >= 0.3 is 0 Å². The van der Waals surface area contributed by atoms with Gasteiger partial charge in [0, 0.05) is 5.39 Å². The van der Waals surface area contributed by atoms with Crippen LogP contribution in [0.3, 0.4) is 0 Å². The third-order valence-electron chi connectivity index (χ3n) is 3.72. The van der Waals surface area contributed by atoms with Gasteiger partial charge in [-0.15, -0.1) is 0 Å². The molecule has 1 heterocycles. The van der Waals surface area contributed by atoms with Crippen molar-refractivity contribution in [2.75, 3.05) is 0 Å². The third kappa shape index (κ3) is 1.34. The minimum atomic E-state index is -0.154. The van der Waals surface area contributed by atoms with E-state index in [9.17, 15) is 0 Å². The zero-order valence-corrected chi connectivity index (χ0v) is 9.48. The summed E-state index contributed by atoms with van der Waals surface area (Å²) in [6.07, 6.45) is 2.22. The van der Waals surface area contributed by atoms with Crippen LogP contribution in [0.2, 0.25) is 0 Å². The van der Waals surface area contributed by atoms with Gasteiger partial charge in [-0.3, -0.25) is 4.98 Å². The van der Waals surface area contributed by atoms with Gasteiger partial charge in [0.2, 0.25) is 0 Å². The summed E-state index contributed by atoms with van der Waals surface area (Å²) in [6.45, 7) is 2.19. The molecule has 82 valence electrons. The zero-order chi connectivity index (χ0) is 11.2. The van der Waals surface area contributed by atoms with Crippen molar-refractivity contribution in [2.24, 2.45) is 11.7 Å². The largest absolute Gasteiger partial charge is 0.320 e. The Bertz CT molecular complexity index is 535. The van der Waals surface area contributed by atoms with E-state index in [1.165, 1.54) is 5.39 Å². The maximum absolute atomic E-state index is 6.35. The van der Waals surface area contributed by atoms with Crippen LogP contribution in [0.1, 0.15) is 25.5 Å². The van der Waals surface area contributed by atoms with Crippen molar-refractivity contribution in [2.45, 2.75) is 25.3 Å². The molecule has 1 aliphatic rings. The molecule has 0 saturated heterocycles. The first-order valence-electron chi connectivity index (χ1n) is 5.89. The van der Waals surface area contributed by atoms with E-state index < -0.39 is 0 Å². The first kappa shape index (κ1) is 9.79. The van der Waals surface area contributed by atoms with Crippen LogP contribution in [-0.2, 0) is 5.54 Å². The van der Waals surface area contributed by atoms with Gasteiger partial charge in [0.05, 0.1) is 16.7 Å². The summed E-state index contributed by atoms with van der Waals surface area (Å²) in [5.74, 6) is 0.612. The van der Waals surface area contributed by atoms with Crippen molar-refractivity contribution in [1.82, 2.24) is 4.98 Å². The average molecular weight is 212 g/mol. The molecule has 1 aliphatic carbocycles. The minimum Gasteiger partial charge on any atom is -0.320 e. The number of aromatic nitrogens is 1. The molecule has 3 rings (SSSR count). The highest BCUT2D eigenvalue weighted by Gasteiger charge is 2.51. The highest BCUT2D eigenvalue weighted by Crippen LogP contribution is 2.50. The second-order valence-electron chi connectivity index (χ2n) is 4.74. The number of hydrogen-bond donors (Lipinski definition) is 1. The average Bonchev–Trinajstić information content (AvgIpc) is 3.01. The summed E-state index contributed by atoms with van der Waals surface area (Å²) in [7, 11) is 0. The zero-order valence-electron chi connectivity index (χ0n) is 9.48. The van der Waals surface area contributed by atoms with E-state index in [-0.39, 0.29) is 5.54 Å². The number of rotatable bonds is 2. The molecule has 0 spiro atoms. The fourth-order valence-electron chi connectivity index (χ4n) is 2.50. The Morgan fingerprint density at radius 2 is 2.12 bits per heavy atom. The third-order valence-corrected chi connectivity index (χ3v) is 3.72. The molecule has 2 heteroatoms. The van der Waals surface area contributed by atoms with Crippen LogP contribution in [0.15, 0.2) is 36.4 Å². The van der Waals surface area contributed by atoms with Crippen LogP contribution < -0.4 is 5.73 Å². The number of fused-ring (bicyclic) bond motifs is 1. The summed E-state index contributed by atoms with van der Waals surface area (Å²) >= 11 is 0. The molecule has 2 atom stereocenters. The van der Waals surface area contributed by atoms with Crippen molar-refractivity contribution in [3.05, 3.63) is 42.1 Å². The Morgan fingerprint density at radius 3 is 2.88 bits per heavy atom. The van der Waals surface area contributed by atoms with Gasteiger partial charge in [0.1, 0.15) is 0 Å². The Morgan fingerprint density at radius 1 is 1.31 bits per heavy atom. The van der Waals surface area contributed by atoms with Gasteiger partial charge < -0.3 is 5.73 Å². The fraction of sp³-hybridized carbons (Fsp3) is 0.357. The molecule has 2 nitrogen and oxygen atoms in total. The van der Waals surface area contributed by atoms with Crippen LogP contribution in [-0.4, -0.2) is 4.98 Å². The molecule has 1 saturated carbocycles. The molecule has 2 aromatic rings. The lowest BCUT2D eigenvalue weighted by molar-refractivity contribution is 0.600. The van der Waals surface area contributed by atoms with Crippen LogP contribution in [0, 0.1) is 5.92 Å². The molecule has 1 aromatic heterocycles. The molecular formula is C14H16N2. The number of hydrogen-bond acceptors (Lipinski definition) is 2. The van der Waals surface area contributed by atoms with E-state index in [1.54, 1.807) is 0 Å². The molecule has 0 aliphatic heterocycles. The van der Waals surface area contributed by atoms with E-state index in [1.807, 2.05) is 18.2 Å². The highest BCUT2D eigenvalue weighted by molar-refractivity contribution is 5.78. The number of nitrogens with zero attached hydrogens (tertiary/aromatic N) is 1. The minimum absolute atomic E-state index is 0.154. The van der Waals surface area contributed by atoms with Gasteiger partial charge in [0.25, 0.3) is 0 Å². The molecular weight excluding hydrogens is 196 g/mol. The fourth-order valence-corrected chi connectivity index (χ4v) is 2.50. The second-order valence-corrected chi connectivity index (χ2v) is 4.74. The first-order chi connectivity index (χ1) is 7.74. The number of pyridine rings is 1. The topological polar surface area (TPSA) is 38.9 Å².